The normalized spacial score (nSPS) is 16.3. The van der Waals surface area contributed by atoms with Crippen molar-refractivity contribution in [3.8, 4) is 0 Å². The molecule has 2 unspecified atom stereocenters. The van der Waals surface area contributed by atoms with E-state index >= 15 is 0 Å². The van der Waals surface area contributed by atoms with E-state index in [-0.39, 0.29) is 12.1 Å². The van der Waals surface area contributed by atoms with Crippen molar-refractivity contribution in [2.75, 3.05) is 13.7 Å². The first kappa shape index (κ1) is 9.66. The predicted octanol–water partition coefficient (Wildman–Crippen LogP) is 1.19. The lowest BCUT2D eigenvalue weighted by molar-refractivity contribution is 0.0977. The van der Waals surface area contributed by atoms with Crippen molar-refractivity contribution in [2.24, 2.45) is 0 Å². The van der Waals surface area contributed by atoms with Crippen LogP contribution in [0.15, 0.2) is 12.7 Å². The molecule has 2 atom stereocenters. The van der Waals surface area contributed by atoms with Crippen molar-refractivity contribution < 1.29 is 4.74 Å². The Bertz CT molecular complexity index is 93.3. The molecule has 0 aromatic heterocycles. The molecular weight excluding hydrogens is 126 g/mol. The van der Waals surface area contributed by atoms with Crippen LogP contribution in [0.5, 0.6) is 0 Å². The Morgan fingerprint density at radius 1 is 1.70 bits per heavy atom. The van der Waals surface area contributed by atoms with Crippen LogP contribution in [0.2, 0.25) is 0 Å². The van der Waals surface area contributed by atoms with Gasteiger partial charge in [0, 0.05) is 7.11 Å². The standard InChI is InChI=1S/C8H17NO/c1-5-8(9-6-2)7(3)10-4/h5,7-9H,1,6H2,2-4H3. The minimum absolute atomic E-state index is 0.206. The fourth-order valence-corrected chi connectivity index (χ4v) is 0.823. The van der Waals surface area contributed by atoms with Gasteiger partial charge in [-0.2, -0.15) is 0 Å². The summed E-state index contributed by atoms with van der Waals surface area (Å²) in [6.45, 7) is 8.75. The van der Waals surface area contributed by atoms with Gasteiger partial charge in [0.25, 0.3) is 0 Å². The topological polar surface area (TPSA) is 21.3 Å². The molecule has 0 saturated carbocycles. The first-order valence-corrected chi connectivity index (χ1v) is 3.65. The van der Waals surface area contributed by atoms with Gasteiger partial charge >= 0.3 is 0 Å². The highest BCUT2D eigenvalue weighted by Gasteiger charge is 2.09. The van der Waals surface area contributed by atoms with E-state index in [4.69, 9.17) is 4.74 Å². The van der Waals surface area contributed by atoms with Crippen LogP contribution in [0.25, 0.3) is 0 Å². The molecule has 1 N–H and O–H groups in total. The van der Waals surface area contributed by atoms with Crippen molar-refractivity contribution >= 4 is 0 Å². The van der Waals surface area contributed by atoms with Crippen molar-refractivity contribution in [1.29, 1.82) is 0 Å². The van der Waals surface area contributed by atoms with Crippen molar-refractivity contribution in [3.05, 3.63) is 12.7 Å². The Hall–Kier alpha value is -0.340. The Labute approximate surface area is 63.3 Å². The quantitative estimate of drug-likeness (QED) is 0.584. The average molecular weight is 143 g/mol. The fourth-order valence-electron chi connectivity index (χ4n) is 0.823. The summed E-state index contributed by atoms with van der Waals surface area (Å²) in [5.41, 5.74) is 0. The molecule has 60 valence electrons. The Morgan fingerprint density at radius 3 is 2.60 bits per heavy atom. The van der Waals surface area contributed by atoms with Crippen LogP contribution in [-0.2, 0) is 4.74 Å². The third-order valence-corrected chi connectivity index (χ3v) is 1.57. The largest absolute Gasteiger partial charge is 0.380 e. The summed E-state index contributed by atoms with van der Waals surface area (Å²) >= 11 is 0. The molecule has 0 fully saturated rings. The summed E-state index contributed by atoms with van der Waals surface area (Å²) in [5.74, 6) is 0. The first-order valence-electron chi connectivity index (χ1n) is 3.65. The predicted molar refractivity (Wildman–Crippen MR) is 44.1 cm³/mol. The zero-order valence-corrected chi connectivity index (χ0v) is 7.05. The van der Waals surface area contributed by atoms with E-state index in [2.05, 4.69) is 18.8 Å². The number of nitrogens with one attached hydrogen (secondary N) is 1. The van der Waals surface area contributed by atoms with E-state index in [1.807, 2.05) is 13.0 Å². The van der Waals surface area contributed by atoms with E-state index in [9.17, 15) is 0 Å². The SMILES string of the molecule is C=CC(NCC)C(C)OC. The minimum atomic E-state index is 0.206. The van der Waals surface area contributed by atoms with Crippen LogP contribution >= 0.6 is 0 Å². The van der Waals surface area contributed by atoms with Gasteiger partial charge in [-0.05, 0) is 13.5 Å². The van der Waals surface area contributed by atoms with Gasteiger partial charge in [-0.1, -0.05) is 13.0 Å². The molecule has 0 aliphatic heterocycles. The molecule has 0 aliphatic rings. The second kappa shape index (κ2) is 5.45. The molecule has 0 radical (unpaired) electrons. The van der Waals surface area contributed by atoms with Gasteiger partial charge in [0.05, 0.1) is 12.1 Å². The van der Waals surface area contributed by atoms with Crippen molar-refractivity contribution in [3.63, 3.8) is 0 Å². The third kappa shape index (κ3) is 2.99. The molecule has 0 amide bonds. The van der Waals surface area contributed by atoms with Crippen molar-refractivity contribution in [1.82, 2.24) is 5.32 Å². The molecule has 0 aromatic rings. The zero-order chi connectivity index (χ0) is 7.98. The summed E-state index contributed by atoms with van der Waals surface area (Å²) in [5, 5.41) is 3.24. The van der Waals surface area contributed by atoms with Gasteiger partial charge in [-0.25, -0.2) is 0 Å². The highest BCUT2D eigenvalue weighted by atomic mass is 16.5. The molecule has 2 nitrogen and oxygen atoms in total. The first-order chi connectivity index (χ1) is 4.76. The van der Waals surface area contributed by atoms with E-state index in [1.54, 1.807) is 7.11 Å². The summed E-state index contributed by atoms with van der Waals surface area (Å²) in [6.07, 6.45) is 2.08. The number of methoxy groups -OCH3 is 1. The lowest BCUT2D eigenvalue weighted by Crippen LogP contribution is -2.37. The van der Waals surface area contributed by atoms with E-state index < -0.39 is 0 Å². The van der Waals surface area contributed by atoms with Crippen LogP contribution < -0.4 is 5.32 Å². The maximum absolute atomic E-state index is 5.12. The molecule has 0 saturated heterocycles. The zero-order valence-electron chi connectivity index (χ0n) is 7.05. The Morgan fingerprint density at radius 2 is 2.30 bits per heavy atom. The smallest absolute Gasteiger partial charge is 0.0731 e. The molecule has 2 heteroatoms. The third-order valence-electron chi connectivity index (χ3n) is 1.57. The van der Waals surface area contributed by atoms with Gasteiger partial charge < -0.3 is 10.1 Å². The lowest BCUT2D eigenvalue weighted by atomic mass is 10.2. The van der Waals surface area contributed by atoms with E-state index in [1.165, 1.54) is 0 Å². The van der Waals surface area contributed by atoms with E-state index in [0.717, 1.165) is 6.54 Å². The monoisotopic (exact) mass is 143 g/mol. The molecule has 0 bridgehead atoms. The van der Waals surface area contributed by atoms with Crippen molar-refractivity contribution in [2.45, 2.75) is 26.0 Å². The van der Waals surface area contributed by atoms with Gasteiger partial charge in [0.15, 0.2) is 0 Å². The number of ether oxygens (including phenoxy) is 1. The molecular formula is C8H17NO. The second-order valence-electron chi connectivity index (χ2n) is 2.26. The lowest BCUT2D eigenvalue weighted by Gasteiger charge is -2.19. The van der Waals surface area contributed by atoms with Gasteiger partial charge in [0.2, 0.25) is 0 Å². The Kier molecular flexibility index (Phi) is 5.26. The number of hydrogen-bond acceptors (Lipinski definition) is 2. The number of rotatable bonds is 5. The maximum atomic E-state index is 5.12. The van der Waals surface area contributed by atoms with Gasteiger partial charge in [0.1, 0.15) is 0 Å². The highest BCUT2D eigenvalue weighted by Crippen LogP contribution is 1.97. The van der Waals surface area contributed by atoms with Crippen LogP contribution in [0.3, 0.4) is 0 Å². The summed E-state index contributed by atoms with van der Waals surface area (Å²) in [6, 6.07) is 0.273. The molecule has 0 aliphatic carbocycles. The summed E-state index contributed by atoms with van der Waals surface area (Å²) < 4.78 is 5.12. The second-order valence-corrected chi connectivity index (χ2v) is 2.26. The van der Waals surface area contributed by atoms with E-state index in [0.29, 0.717) is 0 Å². The average Bonchev–Trinajstić information content (AvgIpc) is 1.99. The van der Waals surface area contributed by atoms with Crippen LogP contribution in [0.4, 0.5) is 0 Å². The highest BCUT2D eigenvalue weighted by molar-refractivity contribution is 4.89. The maximum Gasteiger partial charge on any atom is 0.0731 e. The summed E-state index contributed by atoms with van der Waals surface area (Å²) in [4.78, 5) is 0. The molecule has 0 rings (SSSR count). The Balaban J connectivity index is 3.67. The summed E-state index contributed by atoms with van der Waals surface area (Å²) in [7, 11) is 1.71. The van der Waals surface area contributed by atoms with Gasteiger partial charge in [-0.3, -0.25) is 0 Å². The van der Waals surface area contributed by atoms with Gasteiger partial charge in [-0.15, -0.1) is 6.58 Å². The fraction of sp³-hybridized carbons (Fsp3) is 0.750. The van der Waals surface area contributed by atoms with Crippen LogP contribution in [0, 0.1) is 0 Å². The molecule has 10 heavy (non-hydrogen) atoms. The number of likely N-dealkylation sites (N-methyl/N-ethyl adjacent to an activating group) is 1. The van der Waals surface area contributed by atoms with Crippen LogP contribution in [0.1, 0.15) is 13.8 Å². The molecule has 0 aromatic carbocycles. The van der Waals surface area contributed by atoms with Crippen LogP contribution in [-0.4, -0.2) is 25.8 Å². The molecule has 0 spiro atoms. The minimum Gasteiger partial charge on any atom is -0.380 e. The molecule has 0 heterocycles. The number of hydrogen-bond donors (Lipinski definition) is 1.